The van der Waals surface area contributed by atoms with Crippen molar-refractivity contribution in [3.8, 4) is 0 Å². The Balaban J connectivity index is 1.92. The minimum absolute atomic E-state index is 0.131. The van der Waals surface area contributed by atoms with Gasteiger partial charge in [-0.15, -0.1) is 11.8 Å². The molecule has 25 heavy (non-hydrogen) atoms. The SMILES string of the molecule is CCOC(=O)/C=C/CSc1cccc(NC(=O)c2cccc(C)c2)c1. The van der Waals surface area contributed by atoms with Crippen LogP contribution in [0, 0.1) is 6.92 Å². The third kappa shape index (κ3) is 6.47. The first-order chi connectivity index (χ1) is 12.1. The number of amides is 1. The molecule has 130 valence electrons. The summed E-state index contributed by atoms with van der Waals surface area (Å²) in [5, 5.41) is 2.91. The van der Waals surface area contributed by atoms with E-state index in [-0.39, 0.29) is 11.9 Å². The molecular weight excluding hydrogens is 334 g/mol. The third-order valence-electron chi connectivity index (χ3n) is 3.26. The molecule has 4 nitrogen and oxygen atoms in total. The van der Waals surface area contributed by atoms with Gasteiger partial charge in [0.25, 0.3) is 5.91 Å². The van der Waals surface area contributed by atoms with Crippen molar-refractivity contribution in [3.05, 3.63) is 71.8 Å². The van der Waals surface area contributed by atoms with Gasteiger partial charge in [0, 0.05) is 28.0 Å². The number of thioether (sulfide) groups is 1. The number of esters is 1. The highest BCUT2D eigenvalue weighted by Crippen LogP contribution is 2.22. The Labute approximate surface area is 152 Å². The van der Waals surface area contributed by atoms with Crippen LogP contribution in [0.2, 0.25) is 0 Å². The van der Waals surface area contributed by atoms with Gasteiger partial charge in [0.15, 0.2) is 0 Å². The van der Waals surface area contributed by atoms with Crippen molar-refractivity contribution in [2.75, 3.05) is 17.7 Å². The predicted molar refractivity (Wildman–Crippen MR) is 102 cm³/mol. The lowest BCUT2D eigenvalue weighted by Gasteiger charge is -2.07. The molecule has 0 radical (unpaired) electrons. The first-order valence-electron chi connectivity index (χ1n) is 8.02. The number of rotatable bonds is 7. The van der Waals surface area contributed by atoms with Crippen LogP contribution < -0.4 is 5.32 Å². The Morgan fingerprint density at radius 2 is 1.96 bits per heavy atom. The zero-order valence-electron chi connectivity index (χ0n) is 14.3. The van der Waals surface area contributed by atoms with Crippen molar-refractivity contribution in [2.24, 2.45) is 0 Å². The molecule has 0 atom stereocenters. The van der Waals surface area contributed by atoms with E-state index >= 15 is 0 Å². The average molecular weight is 355 g/mol. The second-order valence-corrected chi connectivity index (χ2v) is 6.41. The third-order valence-corrected chi connectivity index (χ3v) is 4.21. The fourth-order valence-corrected chi connectivity index (χ4v) is 2.90. The smallest absolute Gasteiger partial charge is 0.330 e. The Morgan fingerprint density at radius 1 is 1.16 bits per heavy atom. The van der Waals surface area contributed by atoms with Crippen molar-refractivity contribution < 1.29 is 14.3 Å². The molecule has 1 amide bonds. The topological polar surface area (TPSA) is 55.4 Å². The summed E-state index contributed by atoms with van der Waals surface area (Å²) < 4.78 is 4.82. The van der Waals surface area contributed by atoms with Crippen LogP contribution in [0.4, 0.5) is 5.69 Å². The number of benzene rings is 2. The van der Waals surface area contributed by atoms with E-state index in [1.807, 2.05) is 49.4 Å². The maximum absolute atomic E-state index is 12.3. The number of nitrogens with one attached hydrogen (secondary N) is 1. The molecule has 2 aromatic rings. The lowest BCUT2D eigenvalue weighted by Crippen LogP contribution is -2.11. The van der Waals surface area contributed by atoms with E-state index in [1.165, 1.54) is 6.08 Å². The van der Waals surface area contributed by atoms with E-state index < -0.39 is 0 Å². The maximum Gasteiger partial charge on any atom is 0.330 e. The van der Waals surface area contributed by atoms with Crippen molar-refractivity contribution in [2.45, 2.75) is 18.7 Å². The lowest BCUT2D eigenvalue weighted by atomic mass is 10.1. The largest absolute Gasteiger partial charge is 0.463 e. The average Bonchev–Trinajstić information content (AvgIpc) is 2.59. The summed E-state index contributed by atoms with van der Waals surface area (Å²) in [7, 11) is 0. The molecule has 5 heteroatoms. The van der Waals surface area contributed by atoms with E-state index in [9.17, 15) is 9.59 Å². The van der Waals surface area contributed by atoms with Crippen molar-refractivity contribution >= 4 is 29.3 Å². The van der Waals surface area contributed by atoms with Crippen molar-refractivity contribution in [1.29, 1.82) is 0 Å². The molecule has 1 N–H and O–H groups in total. The fraction of sp³-hybridized carbons (Fsp3) is 0.200. The highest BCUT2D eigenvalue weighted by atomic mass is 32.2. The van der Waals surface area contributed by atoms with Gasteiger partial charge in [-0.25, -0.2) is 4.79 Å². The highest BCUT2D eigenvalue weighted by molar-refractivity contribution is 7.99. The molecule has 0 bridgehead atoms. The molecule has 0 aliphatic carbocycles. The Morgan fingerprint density at radius 3 is 2.72 bits per heavy atom. The van der Waals surface area contributed by atoms with Crippen LogP contribution in [0.1, 0.15) is 22.8 Å². The molecule has 0 saturated heterocycles. The number of carbonyl (C=O) groups is 2. The Hall–Kier alpha value is -2.53. The van der Waals surface area contributed by atoms with Crippen LogP contribution in [0.3, 0.4) is 0 Å². The van der Waals surface area contributed by atoms with E-state index in [4.69, 9.17) is 4.74 Å². The summed E-state index contributed by atoms with van der Waals surface area (Å²) in [5.41, 5.74) is 2.42. The van der Waals surface area contributed by atoms with E-state index in [0.29, 0.717) is 17.9 Å². The molecule has 0 aromatic heterocycles. The summed E-state index contributed by atoms with van der Waals surface area (Å²) in [6, 6.07) is 15.1. The number of ether oxygens (including phenoxy) is 1. The molecule has 2 rings (SSSR count). The van der Waals surface area contributed by atoms with Gasteiger partial charge in [-0.05, 0) is 44.2 Å². The quantitative estimate of drug-likeness (QED) is 0.453. The van der Waals surface area contributed by atoms with Crippen LogP contribution in [0.5, 0.6) is 0 Å². The minimum atomic E-state index is -0.331. The molecule has 0 unspecified atom stereocenters. The first-order valence-corrected chi connectivity index (χ1v) is 9.01. The summed E-state index contributed by atoms with van der Waals surface area (Å²) in [6.45, 7) is 4.11. The number of anilines is 1. The second kappa shape index (κ2) is 9.69. The number of hydrogen-bond acceptors (Lipinski definition) is 4. The Bertz CT molecular complexity index is 771. The van der Waals surface area contributed by atoms with Crippen molar-refractivity contribution in [3.63, 3.8) is 0 Å². The van der Waals surface area contributed by atoms with Crippen molar-refractivity contribution in [1.82, 2.24) is 0 Å². The molecule has 0 spiro atoms. The summed E-state index contributed by atoms with van der Waals surface area (Å²) in [4.78, 5) is 24.5. The number of aryl methyl sites for hydroxylation is 1. The molecule has 0 heterocycles. The number of hydrogen-bond donors (Lipinski definition) is 1. The zero-order chi connectivity index (χ0) is 18.1. The van der Waals surface area contributed by atoms with Crippen LogP contribution in [-0.2, 0) is 9.53 Å². The van der Waals surface area contributed by atoms with Gasteiger partial charge in [-0.2, -0.15) is 0 Å². The van der Waals surface area contributed by atoms with Crippen LogP contribution in [-0.4, -0.2) is 24.2 Å². The van der Waals surface area contributed by atoms with Crippen LogP contribution in [0.15, 0.2) is 65.6 Å². The highest BCUT2D eigenvalue weighted by Gasteiger charge is 2.06. The maximum atomic E-state index is 12.3. The minimum Gasteiger partial charge on any atom is -0.463 e. The van der Waals surface area contributed by atoms with Crippen LogP contribution in [0.25, 0.3) is 0 Å². The first kappa shape index (κ1) is 18.8. The van der Waals surface area contributed by atoms with Gasteiger partial charge in [0.1, 0.15) is 0 Å². The zero-order valence-corrected chi connectivity index (χ0v) is 15.1. The molecule has 0 fully saturated rings. The van der Waals surface area contributed by atoms with Gasteiger partial charge in [0.05, 0.1) is 6.61 Å². The molecule has 2 aromatic carbocycles. The van der Waals surface area contributed by atoms with Crippen LogP contribution >= 0.6 is 11.8 Å². The molecule has 0 aliphatic heterocycles. The van der Waals surface area contributed by atoms with Gasteiger partial charge < -0.3 is 10.1 Å². The standard InChI is InChI=1S/C20H21NO3S/c1-3-24-19(22)11-6-12-25-18-10-5-9-17(14-18)21-20(23)16-8-4-7-15(2)13-16/h4-11,13-14H,3,12H2,1-2H3,(H,21,23)/b11-6+. The van der Waals surface area contributed by atoms with Gasteiger partial charge >= 0.3 is 5.97 Å². The molecule has 0 saturated carbocycles. The van der Waals surface area contributed by atoms with Gasteiger partial charge in [0.2, 0.25) is 0 Å². The molecular formula is C20H21NO3S. The summed E-state index contributed by atoms with van der Waals surface area (Å²) >= 11 is 1.57. The fourth-order valence-electron chi connectivity index (χ4n) is 2.13. The van der Waals surface area contributed by atoms with Gasteiger partial charge in [-0.3, -0.25) is 4.79 Å². The Kier molecular flexibility index (Phi) is 7.29. The van der Waals surface area contributed by atoms with Gasteiger partial charge in [-0.1, -0.05) is 29.8 Å². The normalized spacial score (nSPS) is 10.6. The predicted octanol–water partition coefficient (Wildman–Crippen LogP) is 4.46. The van der Waals surface area contributed by atoms with E-state index in [1.54, 1.807) is 30.8 Å². The second-order valence-electron chi connectivity index (χ2n) is 5.32. The summed E-state index contributed by atoms with van der Waals surface area (Å²) in [5.74, 6) is 0.184. The van der Waals surface area contributed by atoms with E-state index in [2.05, 4.69) is 5.32 Å². The monoisotopic (exact) mass is 355 g/mol. The van der Waals surface area contributed by atoms with E-state index in [0.717, 1.165) is 16.1 Å². The lowest BCUT2D eigenvalue weighted by molar-refractivity contribution is -0.137. The molecule has 0 aliphatic rings. The number of carbonyl (C=O) groups excluding carboxylic acids is 2. The summed E-state index contributed by atoms with van der Waals surface area (Å²) in [6.07, 6.45) is 3.19.